The van der Waals surface area contributed by atoms with Crippen LogP contribution >= 0.6 is 23.2 Å². The van der Waals surface area contributed by atoms with Gasteiger partial charge in [0.2, 0.25) is 5.95 Å². The lowest BCUT2D eigenvalue weighted by molar-refractivity contribution is 0.415. The van der Waals surface area contributed by atoms with E-state index in [1.165, 1.54) is 4.57 Å². The van der Waals surface area contributed by atoms with Gasteiger partial charge in [0, 0.05) is 47.5 Å². The van der Waals surface area contributed by atoms with Crippen LogP contribution in [-0.4, -0.2) is 32.3 Å². The van der Waals surface area contributed by atoms with Gasteiger partial charge in [0.15, 0.2) is 11.2 Å². The summed E-state index contributed by atoms with van der Waals surface area (Å²) in [7, 11) is 3.22. The predicted molar refractivity (Wildman–Crippen MR) is 125 cm³/mol. The van der Waals surface area contributed by atoms with Crippen LogP contribution in [0.2, 0.25) is 10.0 Å². The number of aromatic nitrogens is 4. The van der Waals surface area contributed by atoms with E-state index < -0.39 is 11.2 Å². The second kappa shape index (κ2) is 7.72. The molecule has 0 saturated carbocycles. The van der Waals surface area contributed by atoms with Crippen LogP contribution in [0.25, 0.3) is 11.2 Å². The van der Waals surface area contributed by atoms with Gasteiger partial charge in [-0.3, -0.25) is 13.9 Å². The number of nitrogens with zero attached hydrogens (tertiary/aromatic N) is 5. The molecule has 4 aromatic rings. The van der Waals surface area contributed by atoms with E-state index in [1.54, 1.807) is 32.4 Å². The lowest BCUT2D eigenvalue weighted by Gasteiger charge is -2.16. The maximum atomic E-state index is 13.5. The van der Waals surface area contributed by atoms with Gasteiger partial charge in [-0.15, -0.1) is 0 Å². The molecule has 0 atom stereocenters. The number of halogens is 2. The van der Waals surface area contributed by atoms with Gasteiger partial charge in [0.1, 0.15) is 5.75 Å². The van der Waals surface area contributed by atoms with Gasteiger partial charge in [-0.05, 0) is 24.3 Å². The van der Waals surface area contributed by atoms with Gasteiger partial charge in [-0.25, -0.2) is 4.79 Å². The van der Waals surface area contributed by atoms with E-state index in [9.17, 15) is 9.59 Å². The number of hydrogen-bond donors (Lipinski definition) is 0. The van der Waals surface area contributed by atoms with Crippen molar-refractivity contribution in [3.63, 3.8) is 0 Å². The first-order chi connectivity index (χ1) is 15.4. The second-order valence-corrected chi connectivity index (χ2v) is 8.34. The molecule has 1 aliphatic rings. The Balaban J connectivity index is 1.68. The third kappa shape index (κ3) is 3.10. The molecule has 10 heteroatoms. The van der Waals surface area contributed by atoms with Crippen molar-refractivity contribution >= 4 is 46.0 Å². The first-order valence-corrected chi connectivity index (χ1v) is 10.7. The largest absolute Gasteiger partial charge is 0.497 e. The van der Waals surface area contributed by atoms with Crippen molar-refractivity contribution in [2.45, 2.75) is 13.1 Å². The van der Waals surface area contributed by atoms with E-state index in [0.717, 1.165) is 16.0 Å². The van der Waals surface area contributed by atoms with E-state index in [4.69, 9.17) is 27.9 Å². The molecule has 32 heavy (non-hydrogen) atoms. The quantitative estimate of drug-likeness (QED) is 0.455. The van der Waals surface area contributed by atoms with E-state index in [2.05, 4.69) is 4.98 Å². The molecule has 164 valence electrons. The minimum Gasteiger partial charge on any atom is -0.497 e. The molecule has 0 fully saturated rings. The summed E-state index contributed by atoms with van der Waals surface area (Å²) in [6.07, 6.45) is 0. The van der Waals surface area contributed by atoms with Crippen molar-refractivity contribution in [2.75, 3.05) is 18.6 Å². The normalized spacial score (nSPS) is 13.1. The molecule has 2 aromatic heterocycles. The number of hydrogen-bond acceptors (Lipinski definition) is 5. The molecule has 3 heterocycles. The molecule has 5 rings (SSSR count). The molecule has 0 aliphatic carbocycles. The smallest absolute Gasteiger partial charge is 0.332 e. The summed E-state index contributed by atoms with van der Waals surface area (Å²) in [6.45, 7) is 1.17. The molecular formula is C22H19Cl2N5O3. The van der Waals surface area contributed by atoms with Crippen LogP contribution in [0.3, 0.4) is 0 Å². The average molecular weight is 472 g/mol. The lowest BCUT2D eigenvalue weighted by Crippen LogP contribution is -2.40. The minimum atomic E-state index is -0.483. The Hall–Kier alpha value is -3.23. The third-order valence-corrected chi connectivity index (χ3v) is 6.45. The Morgan fingerprint density at radius 3 is 2.50 bits per heavy atom. The minimum absolute atomic E-state index is 0.0277. The first-order valence-electron chi connectivity index (χ1n) is 9.95. The van der Waals surface area contributed by atoms with Crippen LogP contribution in [0.1, 0.15) is 5.56 Å². The van der Waals surface area contributed by atoms with Crippen molar-refractivity contribution in [1.82, 2.24) is 18.7 Å². The summed E-state index contributed by atoms with van der Waals surface area (Å²) in [4.78, 5) is 33.2. The average Bonchev–Trinajstić information content (AvgIpc) is 3.36. The predicted octanol–water partition coefficient (Wildman–Crippen LogP) is 3.41. The number of ether oxygens (including phenoxy) is 1. The van der Waals surface area contributed by atoms with Gasteiger partial charge in [-0.2, -0.15) is 4.98 Å². The van der Waals surface area contributed by atoms with Crippen molar-refractivity contribution in [3.8, 4) is 5.75 Å². The maximum absolute atomic E-state index is 13.5. The molecule has 0 bridgehead atoms. The lowest BCUT2D eigenvalue weighted by atomic mass is 10.2. The molecule has 0 saturated heterocycles. The van der Waals surface area contributed by atoms with E-state index >= 15 is 0 Å². The molecule has 0 amide bonds. The number of imidazole rings is 1. The molecular weight excluding hydrogens is 453 g/mol. The van der Waals surface area contributed by atoms with Gasteiger partial charge in [-0.1, -0.05) is 35.3 Å². The van der Waals surface area contributed by atoms with Gasteiger partial charge < -0.3 is 14.2 Å². The number of aryl methyl sites for hydroxylation is 1. The van der Waals surface area contributed by atoms with Crippen LogP contribution in [0.4, 0.5) is 11.6 Å². The van der Waals surface area contributed by atoms with Gasteiger partial charge in [0.05, 0.1) is 13.7 Å². The number of benzene rings is 2. The summed E-state index contributed by atoms with van der Waals surface area (Å²) >= 11 is 12.6. The summed E-state index contributed by atoms with van der Waals surface area (Å²) in [6, 6.07) is 12.7. The Bertz CT molecular complexity index is 1470. The Kier molecular flexibility index (Phi) is 4.98. The van der Waals surface area contributed by atoms with E-state index in [1.807, 2.05) is 33.7 Å². The SMILES string of the molecule is COc1cccc(N2CCn3c2nc2c3c(=O)n(Cc3c(Cl)cccc3Cl)c(=O)n2C)c1. The molecule has 0 unspecified atom stereocenters. The highest BCUT2D eigenvalue weighted by Crippen LogP contribution is 2.33. The number of anilines is 2. The van der Waals surface area contributed by atoms with Crippen molar-refractivity contribution in [2.24, 2.45) is 7.05 Å². The highest BCUT2D eigenvalue weighted by Gasteiger charge is 2.29. The topological polar surface area (TPSA) is 74.3 Å². The second-order valence-electron chi connectivity index (χ2n) is 7.52. The standard InChI is InChI=1S/C22H19Cl2N5O3/c1-26-19-18(20(30)29(22(26)31)12-15-16(23)7-4-8-17(15)24)28-10-9-27(21(28)25-19)13-5-3-6-14(11-13)32-2/h3-8,11H,9-10,12H2,1-2H3. The molecule has 2 aromatic carbocycles. The maximum Gasteiger partial charge on any atom is 0.332 e. The van der Waals surface area contributed by atoms with Crippen LogP contribution < -0.4 is 20.9 Å². The number of fused-ring (bicyclic) bond motifs is 3. The Morgan fingerprint density at radius 2 is 1.78 bits per heavy atom. The summed E-state index contributed by atoms with van der Waals surface area (Å²) < 4.78 is 9.72. The van der Waals surface area contributed by atoms with Gasteiger partial charge >= 0.3 is 5.69 Å². The van der Waals surface area contributed by atoms with Crippen molar-refractivity contribution in [1.29, 1.82) is 0 Å². The zero-order chi connectivity index (χ0) is 22.6. The number of rotatable bonds is 4. The van der Waals surface area contributed by atoms with E-state index in [-0.39, 0.29) is 6.54 Å². The van der Waals surface area contributed by atoms with E-state index in [0.29, 0.717) is 45.8 Å². The number of methoxy groups -OCH3 is 1. The monoisotopic (exact) mass is 471 g/mol. The summed E-state index contributed by atoms with van der Waals surface area (Å²) in [5.74, 6) is 1.33. The van der Waals surface area contributed by atoms with Crippen molar-refractivity contribution < 1.29 is 4.74 Å². The summed E-state index contributed by atoms with van der Waals surface area (Å²) in [5, 5.41) is 0.795. The van der Waals surface area contributed by atoms with Crippen LogP contribution in [0, 0.1) is 0 Å². The van der Waals surface area contributed by atoms with Crippen LogP contribution in [0.15, 0.2) is 52.1 Å². The van der Waals surface area contributed by atoms with Crippen LogP contribution in [-0.2, 0) is 20.1 Å². The fourth-order valence-electron chi connectivity index (χ4n) is 4.08. The van der Waals surface area contributed by atoms with Gasteiger partial charge in [0.25, 0.3) is 5.56 Å². The Labute approximate surface area is 192 Å². The first kappa shape index (κ1) is 20.7. The highest BCUT2D eigenvalue weighted by atomic mass is 35.5. The fraction of sp³-hybridized carbons (Fsp3) is 0.227. The summed E-state index contributed by atoms with van der Waals surface area (Å²) in [5.41, 5.74) is 1.22. The fourth-order valence-corrected chi connectivity index (χ4v) is 4.60. The third-order valence-electron chi connectivity index (χ3n) is 5.74. The zero-order valence-corrected chi connectivity index (χ0v) is 18.9. The molecule has 8 nitrogen and oxygen atoms in total. The molecule has 1 aliphatic heterocycles. The van der Waals surface area contributed by atoms with Crippen LogP contribution in [0.5, 0.6) is 5.75 Å². The molecule has 0 spiro atoms. The zero-order valence-electron chi connectivity index (χ0n) is 17.4. The Morgan fingerprint density at radius 1 is 1.06 bits per heavy atom. The van der Waals surface area contributed by atoms with Crippen molar-refractivity contribution in [3.05, 3.63) is 78.9 Å². The molecule has 0 radical (unpaired) electrons. The molecule has 0 N–H and O–H groups in total. The highest BCUT2D eigenvalue weighted by molar-refractivity contribution is 6.35.